The molecule has 1 aliphatic rings. The van der Waals surface area contributed by atoms with Crippen LogP contribution in [0.1, 0.15) is 52.6 Å². The van der Waals surface area contributed by atoms with E-state index in [-0.39, 0.29) is 17.5 Å². The Morgan fingerprint density at radius 3 is 2.54 bits per heavy atom. The smallest absolute Gasteiger partial charge is 0.290 e. The van der Waals surface area contributed by atoms with Gasteiger partial charge in [0.15, 0.2) is 11.5 Å². The molecule has 1 N–H and O–H groups in total. The summed E-state index contributed by atoms with van der Waals surface area (Å²) in [6.07, 6.45) is 0.710. The van der Waals surface area contributed by atoms with Crippen LogP contribution in [-0.4, -0.2) is 48.1 Å². The fourth-order valence-corrected chi connectivity index (χ4v) is 3.23. The maximum absolute atomic E-state index is 13.1. The predicted molar refractivity (Wildman–Crippen MR) is 107 cm³/mol. The second kappa shape index (κ2) is 8.78. The lowest BCUT2D eigenvalue weighted by Crippen LogP contribution is -2.34. The van der Waals surface area contributed by atoms with Crippen molar-refractivity contribution in [2.75, 3.05) is 20.3 Å². The fraction of sp³-hybridized carbons (Fsp3) is 0.545. The Morgan fingerprint density at radius 1 is 1.29 bits per heavy atom. The molecule has 0 saturated heterocycles. The molecule has 1 atom stereocenters. The van der Waals surface area contributed by atoms with Gasteiger partial charge in [-0.25, -0.2) is 0 Å². The zero-order chi connectivity index (χ0) is 21.1. The lowest BCUT2D eigenvalue weighted by Gasteiger charge is -2.29. The predicted octanol–water partition coefficient (Wildman–Crippen LogP) is 3.82. The molecule has 6 nitrogen and oxygen atoms in total. The van der Waals surface area contributed by atoms with Crippen LogP contribution in [0, 0.1) is 5.41 Å². The summed E-state index contributed by atoms with van der Waals surface area (Å²) in [5, 5.41) is 10.6. The molecule has 1 amide bonds. The van der Waals surface area contributed by atoms with Gasteiger partial charge < -0.3 is 19.5 Å². The standard InChI is InChI=1S/C22H31NO5/c1-14(2)28-12-8-11-23-18(15-9-7-10-16(13-15)27-6)17(19(24)21(23)26)20(25)22(3,4)5/h7,9-10,13-14,18,24H,8,11-12H2,1-6H3. The fourth-order valence-electron chi connectivity index (χ4n) is 3.23. The molecule has 0 aliphatic carbocycles. The molecule has 28 heavy (non-hydrogen) atoms. The molecule has 0 radical (unpaired) electrons. The minimum absolute atomic E-state index is 0.105. The Balaban J connectivity index is 2.42. The molecule has 0 aromatic heterocycles. The van der Waals surface area contributed by atoms with Gasteiger partial charge in [-0.1, -0.05) is 32.9 Å². The van der Waals surface area contributed by atoms with E-state index in [0.717, 1.165) is 5.56 Å². The molecule has 1 heterocycles. The number of benzene rings is 1. The summed E-state index contributed by atoms with van der Waals surface area (Å²) in [6.45, 7) is 10.1. The summed E-state index contributed by atoms with van der Waals surface area (Å²) < 4.78 is 10.9. The van der Waals surface area contributed by atoms with Gasteiger partial charge in [0.2, 0.25) is 0 Å². The molecule has 1 unspecified atom stereocenters. The molecule has 1 aromatic carbocycles. The summed E-state index contributed by atoms with van der Waals surface area (Å²) in [6, 6.07) is 6.60. The van der Waals surface area contributed by atoms with Crippen LogP contribution < -0.4 is 4.74 Å². The molecule has 1 aliphatic heterocycles. The number of nitrogens with zero attached hydrogens (tertiary/aromatic N) is 1. The van der Waals surface area contributed by atoms with E-state index in [9.17, 15) is 14.7 Å². The van der Waals surface area contributed by atoms with Crippen LogP contribution in [0.5, 0.6) is 5.75 Å². The van der Waals surface area contributed by atoms with Gasteiger partial charge in [-0.05, 0) is 38.0 Å². The van der Waals surface area contributed by atoms with Crippen LogP contribution >= 0.6 is 0 Å². The number of carbonyl (C=O) groups is 2. The zero-order valence-corrected chi connectivity index (χ0v) is 17.6. The maximum atomic E-state index is 13.1. The highest BCUT2D eigenvalue weighted by Crippen LogP contribution is 2.41. The lowest BCUT2D eigenvalue weighted by molar-refractivity contribution is -0.129. The largest absolute Gasteiger partial charge is 0.503 e. The average molecular weight is 389 g/mol. The molecular formula is C22H31NO5. The first-order chi connectivity index (χ1) is 13.1. The topological polar surface area (TPSA) is 76.1 Å². The minimum Gasteiger partial charge on any atom is -0.503 e. The Bertz CT molecular complexity index is 760. The molecular weight excluding hydrogens is 358 g/mol. The van der Waals surface area contributed by atoms with E-state index in [2.05, 4.69) is 0 Å². The number of hydrogen-bond acceptors (Lipinski definition) is 5. The van der Waals surface area contributed by atoms with E-state index < -0.39 is 23.1 Å². The molecule has 1 aromatic rings. The number of ether oxygens (including phenoxy) is 2. The van der Waals surface area contributed by atoms with Gasteiger partial charge in [0, 0.05) is 18.6 Å². The number of hydrogen-bond donors (Lipinski definition) is 1. The van der Waals surface area contributed by atoms with Crippen molar-refractivity contribution in [1.29, 1.82) is 0 Å². The maximum Gasteiger partial charge on any atom is 0.290 e. The number of aliphatic hydroxyl groups excluding tert-OH is 1. The first-order valence-corrected chi connectivity index (χ1v) is 9.62. The van der Waals surface area contributed by atoms with Crippen molar-refractivity contribution < 1.29 is 24.2 Å². The van der Waals surface area contributed by atoms with Gasteiger partial charge in [0.25, 0.3) is 5.91 Å². The third-order valence-corrected chi connectivity index (χ3v) is 4.63. The number of ketones is 1. The molecule has 0 fully saturated rings. The monoisotopic (exact) mass is 389 g/mol. The lowest BCUT2D eigenvalue weighted by atomic mass is 9.82. The van der Waals surface area contributed by atoms with Crippen molar-refractivity contribution in [3.63, 3.8) is 0 Å². The minimum atomic E-state index is -0.725. The average Bonchev–Trinajstić information content (AvgIpc) is 2.88. The van der Waals surface area contributed by atoms with E-state index in [1.165, 1.54) is 0 Å². The van der Waals surface area contributed by atoms with Gasteiger partial charge >= 0.3 is 0 Å². The van der Waals surface area contributed by atoms with Gasteiger partial charge in [-0.3, -0.25) is 9.59 Å². The second-order valence-electron chi connectivity index (χ2n) is 8.29. The third kappa shape index (κ3) is 4.73. The molecule has 6 heteroatoms. The van der Waals surface area contributed by atoms with Gasteiger partial charge in [-0.2, -0.15) is 0 Å². The summed E-state index contributed by atoms with van der Waals surface area (Å²) in [7, 11) is 1.56. The molecule has 0 saturated carbocycles. The van der Waals surface area contributed by atoms with E-state index in [1.54, 1.807) is 44.9 Å². The Hall–Kier alpha value is -2.34. The quantitative estimate of drug-likeness (QED) is 0.684. The van der Waals surface area contributed by atoms with Crippen molar-refractivity contribution in [2.24, 2.45) is 5.41 Å². The summed E-state index contributed by atoms with van der Waals surface area (Å²) in [4.78, 5) is 27.4. The van der Waals surface area contributed by atoms with Crippen LogP contribution in [-0.2, 0) is 14.3 Å². The van der Waals surface area contributed by atoms with Crippen molar-refractivity contribution in [3.8, 4) is 5.75 Å². The zero-order valence-electron chi connectivity index (χ0n) is 17.6. The van der Waals surface area contributed by atoms with Gasteiger partial charge in [-0.15, -0.1) is 0 Å². The normalized spacial score (nSPS) is 17.6. The van der Waals surface area contributed by atoms with E-state index in [0.29, 0.717) is 25.3 Å². The van der Waals surface area contributed by atoms with Crippen molar-refractivity contribution >= 4 is 11.7 Å². The summed E-state index contributed by atoms with van der Waals surface area (Å²) >= 11 is 0. The van der Waals surface area contributed by atoms with Gasteiger partial charge in [0.05, 0.1) is 24.8 Å². The second-order valence-corrected chi connectivity index (χ2v) is 8.29. The number of Topliss-reactive ketones (excluding diaryl/α,β-unsaturated/α-hetero) is 1. The number of amides is 1. The van der Waals surface area contributed by atoms with Crippen LogP contribution in [0.4, 0.5) is 0 Å². The van der Waals surface area contributed by atoms with Crippen LogP contribution in [0.15, 0.2) is 35.6 Å². The SMILES string of the molecule is COc1cccc(C2C(C(=O)C(C)(C)C)=C(O)C(=O)N2CCCOC(C)C)c1. The van der Waals surface area contributed by atoms with E-state index in [1.807, 2.05) is 26.0 Å². The molecule has 154 valence electrons. The van der Waals surface area contributed by atoms with Gasteiger partial charge in [0.1, 0.15) is 5.75 Å². The highest BCUT2D eigenvalue weighted by molar-refractivity contribution is 6.10. The van der Waals surface area contributed by atoms with Crippen LogP contribution in [0.3, 0.4) is 0 Å². The molecule has 2 rings (SSSR count). The molecule has 0 bridgehead atoms. The first kappa shape index (κ1) is 22.0. The Morgan fingerprint density at radius 2 is 1.96 bits per heavy atom. The highest BCUT2D eigenvalue weighted by atomic mass is 16.5. The van der Waals surface area contributed by atoms with Crippen molar-refractivity contribution in [3.05, 3.63) is 41.2 Å². The summed E-state index contributed by atoms with van der Waals surface area (Å²) in [5.74, 6) is -0.600. The number of aliphatic hydroxyl groups is 1. The number of carbonyl (C=O) groups excluding carboxylic acids is 2. The van der Waals surface area contributed by atoms with E-state index >= 15 is 0 Å². The Labute approximate surface area is 167 Å². The number of rotatable bonds is 8. The molecule has 0 spiro atoms. The third-order valence-electron chi connectivity index (χ3n) is 4.63. The summed E-state index contributed by atoms with van der Waals surface area (Å²) in [5.41, 5.74) is 0.155. The van der Waals surface area contributed by atoms with E-state index in [4.69, 9.17) is 9.47 Å². The van der Waals surface area contributed by atoms with Crippen molar-refractivity contribution in [1.82, 2.24) is 4.90 Å². The first-order valence-electron chi connectivity index (χ1n) is 9.62. The van der Waals surface area contributed by atoms with Crippen LogP contribution in [0.2, 0.25) is 0 Å². The number of methoxy groups -OCH3 is 1. The van der Waals surface area contributed by atoms with Crippen molar-refractivity contribution in [2.45, 2.75) is 53.2 Å². The van der Waals surface area contributed by atoms with Crippen LogP contribution in [0.25, 0.3) is 0 Å². The highest BCUT2D eigenvalue weighted by Gasteiger charge is 2.45. The Kier molecular flexibility index (Phi) is 6.88.